The van der Waals surface area contributed by atoms with E-state index < -0.39 is 126 Å². The van der Waals surface area contributed by atoms with E-state index in [-0.39, 0.29) is 57.8 Å². The molecule has 38 heteroatoms. The Hall–Kier alpha value is 1.82. The van der Waals surface area contributed by atoms with Crippen LogP contribution >= 0.6 is 0 Å². The first kappa shape index (κ1) is 62.1. The summed E-state index contributed by atoms with van der Waals surface area (Å²) in [6.45, 7) is 26.7. The highest BCUT2D eigenvalue weighted by Gasteiger charge is 2.74. The number of rotatable bonds is 28. The highest BCUT2D eigenvalue weighted by Crippen LogP contribution is 2.45. The fourth-order valence-corrected chi connectivity index (χ4v) is 69.8. The number of aliphatic hydroxyl groups is 4. The van der Waals surface area contributed by atoms with E-state index in [1.807, 2.05) is 0 Å². The molecule has 3 aliphatic heterocycles. The molecule has 0 aromatic carbocycles. The van der Waals surface area contributed by atoms with Crippen LogP contribution in [0.15, 0.2) is 0 Å². The van der Waals surface area contributed by atoms with Crippen LogP contribution in [0, 0.1) is 0 Å². The van der Waals surface area contributed by atoms with Crippen molar-refractivity contribution < 1.29 is 111 Å². The van der Waals surface area contributed by atoms with Gasteiger partial charge in [-0.1, -0.05) is 0 Å². The number of hydrogen-bond acceptors (Lipinski definition) is 25. The second kappa shape index (κ2) is 22.7. The van der Waals surface area contributed by atoms with Gasteiger partial charge in [0, 0.05) is 77.4 Å². The molecule has 0 amide bonds. The first-order valence-corrected chi connectivity index (χ1v) is 53.2. The maximum atomic E-state index is 12.1. The third-order valence-corrected chi connectivity index (χ3v) is 57.8. The molecule has 66 heavy (non-hydrogen) atoms. The summed E-state index contributed by atoms with van der Waals surface area (Å²) < 4.78 is 108. The third kappa shape index (κ3) is 22.1. The van der Waals surface area contributed by atoms with Crippen molar-refractivity contribution in [3.63, 3.8) is 0 Å². The molecule has 0 saturated carbocycles. The molecule has 2 bridgehead atoms. The predicted octanol–water partition coefficient (Wildman–Crippen LogP) is 1.26. The van der Waals surface area contributed by atoms with Gasteiger partial charge in [0.2, 0.25) is 0 Å². The molecule has 0 aliphatic carbocycles. The Labute approximate surface area is 403 Å². The minimum Gasteiger partial charge on any atom is -0.415 e. The van der Waals surface area contributed by atoms with Crippen molar-refractivity contribution in [2.24, 2.45) is 0 Å². The second-order valence-electron chi connectivity index (χ2n) is 19.2. The van der Waals surface area contributed by atoms with Gasteiger partial charge in [0.1, 0.15) is 0 Å². The summed E-state index contributed by atoms with van der Waals surface area (Å²) in [5, 5.41) is 36.8. The Morgan fingerprint density at radius 3 is 1.20 bits per heavy atom. The van der Waals surface area contributed by atoms with Gasteiger partial charge in [-0.05, 0) is 78.3 Å². The fraction of sp³-hybridized carbons (Fsp3) is 1.00. The third-order valence-electron chi connectivity index (χ3n) is 8.51. The van der Waals surface area contributed by atoms with Crippen LogP contribution in [0.5, 0.6) is 0 Å². The van der Waals surface area contributed by atoms with Gasteiger partial charge >= 0.3 is 113 Å². The second-order valence-corrected chi connectivity index (χ2v) is 59.8. The number of fused-ring (bicyclic) bond motifs is 2. The Balaban J connectivity index is 1.88. The smallest absolute Gasteiger partial charge is 0.415 e. The van der Waals surface area contributed by atoms with Gasteiger partial charge in [0.15, 0.2) is 12.6 Å². The highest BCUT2D eigenvalue weighted by molar-refractivity contribution is 6.99. The zero-order valence-corrected chi connectivity index (χ0v) is 54.2. The van der Waals surface area contributed by atoms with Crippen LogP contribution in [0.3, 0.4) is 0 Å². The van der Waals surface area contributed by atoms with E-state index in [1.54, 1.807) is 98.2 Å². The molecule has 3 saturated heterocycles. The zero-order valence-electron chi connectivity index (χ0n) is 41.2. The summed E-state index contributed by atoms with van der Waals surface area (Å²) in [6, 6.07) is 0.174. The van der Waals surface area contributed by atoms with Crippen molar-refractivity contribution in [3.05, 3.63) is 0 Å². The SMILES string of the molecule is C[Si](C)(O)O[Si](C)(C)O[Si@@]1(C)O[Si]2(CCCOCCC(O)O)O[Si@](C)(O1)O[Si@](C)(O[Si@@](C)(O)O[Si](C)(C)O[Si@@]1(C)O[Si](O)(CCCOCCC(O)O)O[Si@@](C)(O[Si](C)(C)O[Si](C)(C)O)O1)O2. The standard InChI is InChI=1S/C28H78O25Si13/c1-54(2,33)39-56(5,6)42-60(12)46-61(13,50-65(36,49-60)25-17-21-37-23-19-27(29)30)44-58(9,10)41-59(11,35)45-63(15)48-64(16)47-62(14,43-57(7,8)40-55(3,4)34)51-66(52-63,53-64)26-18-22-38-24-20-28(31)32/h27-36H,17-26H2,1-16H3/t59-,60-,61+,62+,63-,64+,65?,66?/m0/s1. The minimum atomic E-state index is -4.35. The Morgan fingerprint density at radius 1 is 0.439 bits per heavy atom. The number of aliphatic hydroxyl groups excluding tert-OH is 2. The van der Waals surface area contributed by atoms with E-state index >= 15 is 0 Å². The van der Waals surface area contributed by atoms with Gasteiger partial charge < -0.3 is 111 Å². The van der Waals surface area contributed by atoms with Crippen LogP contribution in [0.1, 0.15) is 25.7 Å². The first-order chi connectivity index (χ1) is 29.4. The topological polar surface area (TPSA) is 319 Å². The van der Waals surface area contributed by atoms with Crippen LogP contribution in [-0.4, -0.2) is 192 Å². The predicted molar refractivity (Wildman–Crippen MR) is 260 cm³/mol. The van der Waals surface area contributed by atoms with E-state index in [9.17, 15) is 29.4 Å². The maximum absolute atomic E-state index is 12.1. The lowest BCUT2D eigenvalue weighted by Crippen LogP contribution is -2.81. The average Bonchev–Trinajstić information content (AvgIpc) is 2.96. The summed E-state index contributed by atoms with van der Waals surface area (Å²) in [5.41, 5.74) is 0. The van der Waals surface area contributed by atoms with Crippen LogP contribution in [0.4, 0.5) is 0 Å². The van der Waals surface area contributed by atoms with Crippen LogP contribution in [-0.2, 0) is 71.2 Å². The van der Waals surface area contributed by atoms with Gasteiger partial charge in [-0.25, -0.2) is 0 Å². The van der Waals surface area contributed by atoms with E-state index in [2.05, 4.69) is 0 Å². The summed E-state index contributed by atoms with van der Waals surface area (Å²) in [4.78, 5) is 45.3. The lowest BCUT2D eigenvalue weighted by atomic mass is 10.4. The Kier molecular flexibility index (Phi) is 21.4. The van der Waals surface area contributed by atoms with E-state index in [4.69, 9.17) is 81.4 Å². The van der Waals surface area contributed by atoms with Gasteiger partial charge in [0.25, 0.3) is 0 Å². The average molecular weight is 1180 g/mol. The molecule has 3 fully saturated rings. The normalized spacial score (nSPS) is 33.7. The molecule has 0 aromatic heterocycles. The summed E-state index contributed by atoms with van der Waals surface area (Å²) in [5.74, 6) is 0. The molecule has 392 valence electrons. The molecule has 8 N–H and O–H groups in total. The molecule has 3 heterocycles. The van der Waals surface area contributed by atoms with Crippen LogP contribution < -0.4 is 0 Å². The molecule has 25 nitrogen and oxygen atoms in total. The number of hydrogen-bond donors (Lipinski definition) is 8. The molecule has 0 radical (unpaired) electrons. The maximum Gasteiger partial charge on any atom is 0.483 e. The highest BCUT2D eigenvalue weighted by atomic mass is 28.6. The first-order valence-electron chi connectivity index (χ1n) is 21.7. The van der Waals surface area contributed by atoms with E-state index in [0.717, 1.165) is 0 Å². The molecular formula is C28H78O25Si13. The molecule has 0 aromatic rings. The van der Waals surface area contributed by atoms with Crippen molar-refractivity contribution in [2.45, 2.75) is 155 Å². The largest absolute Gasteiger partial charge is 0.483 e. The van der Waals surface area contributed by atoms with Gasteiger partial charge in [0.05, 0.1) is 13.2 Å². The van der Waals surface area contributed by atoms with Crippen molar-refractivity contribution in [2.75, 3.05) is 26.4 Å². The molecule has 8 atom stereocenters. The van der Waals surface area contributed by atoms with Crippen molar-refractivity contribution in [3.8, 4) is 0 Å². The zero-order chi connectivity index (χ0) is 50.7. The van der Waals surface area contributed by atoms with Gasteiger partial charge in [-0.15, -0.1) is 0 Å². The minimum absolute atomic E-state index is 0.00467. The summed E-state index contributed by atoms with van der Waals surface area (Å²) >= 11 is 0. The van der Waals surface area contributed by atoms with Crippen molar-refractivity contribution in [1.29, 1.82) is 0 Å². The van der Waals surface area contributed by atoms with E-state index in [1.165, 1.54) is 6.55 Å². The molecule has 2 unspecified atom stereocenters. The van der Waals surface area contributed by atoms with Crippen LogP contribution in [0.25, 0.3) is 0 Å². The molecular weight excluding hydrogens is 1100 g/mol. The van der Waals surface area contributed by atoms with Crippen molar-refractivity contribution in [1.82, 2.24) is 0 Å². The molecule has 0 spiro atoms. The lowest BCUT2D eigenvalue weighted by Gasteiger charge is -2.56. The summed E-state index contributed by atoms with van der Waals surface area (Å²) in [6.07, 6.45) is -2.40. The summed E-state index contributed by atoms with van der Waals surface area (Å²) in [7, 11) is -47.9. The molecule has 3 aliphatic rings. The fourth-order valence-electron chi connectivity index (χ4n) is 7.88. The Bertz CT molecular complexity index is 1570. The number of ether oxygens (including phenoxy) is 2. The van der Waals surface area contributed by atoms with Crippen LogP contribution in [0.2, 0.25) is 117 Å². The molecule has 3 rings (SSSR count). The monoisotopic (exact) mass is 1180 g/mol. The van der Waals surface area contributed by atoms with E-state index in [0.29, 0.717) is 6.42 Å². The van der Waals surface area contributed by atoms with Crippen molar-refractivity contribution >= 4 is 113 Å². The quantitative estimate of drug-likeness (QED) is 0.0311. The van der Waals surface area contributed by atoms with Gasteiger partial charge in [-0.3, -0.25) is 0 Å². The Morgan fingerprint density at radius 2 is 0.803 bits per heavy atom. The lowest BCUT2D eigenvalue weighted by molar-refractivity contribution is -0.0618. The van der Waals surface area contributed by atoms with Gasteiger partial charge in [-0.2, -0.15) is 0 Å².